The lowest BCUT2D eigenvalue weighted by molar-refractivity contribution is -0.137. The van der Waals surface area contributed by atoms with E-state index < -0.39 is 5.97 Å². The van der Waals surface area contributed by atoms with E-state index in [0.29, 0.717) is 6.04 Å². The Hall–Kier alpha value is -1.35. The lowest BCUT2D eigenvalue weighted by Crippen LogP contribution is -2.37. The zero-order valence-electron chi connectivity index (χ0n) is 12.7. The number of hydrogen-bond donors (Lipinski definition) is 1. The second-order valence-electron chi connectivity index (χ2n) is 5.23. The Balaban J connectivity index is 2.45. The Morgan fingerprint density at radius 1 is 1.20 bits per heavy atom. The van der Waals surface area contributed by atoms with Gasteiger partial charge < -0.3 is 10.0 Å². The smallest absolute Gasteiger partial charge is 0.303 e. The molecule has 0 saturated carbocycles. The lowest BCUT2D eigenvalue weighted by atomic mass is 10.0. The maximum absolute atomic E-state index is 10.5. The van der Waals surface area contributed by atoms with Crippen LogP contribution in [0.5, 0.6) is 0 Å². The predicted octanol–water partition coefficient (Wildman–Crippen LogP) is 3.58. The van der Waals surface area contributed by atoms with Gasteiger partial charge in [-0.25, -0.2) is 0 Å². The van der Waals surface area contributed by atoms with Crippen molar-refractivity contribution in [2.24, 2.45) is 0 Å². The molecule has 0 bridgehead atoms. The van der Waals surface area contributed by atoms with E-state index >= 15 is 0 Å². The Labute approximate surface area is 122 Å². The quantitative estimate of drug-likeness (QED) is 0.664. The summed E-state index contributed by atoms with van der Waals surface area (Å²) in [7, 11) is 0. The van der Waals surface area contributed by atoms with Crippen molar-refractivity contribution in [3.63, 3.8) is 0 Å². The van der Waals surface area contributed by atoms with Gasteiger partial charge in [0.05, 0.1) is 0 Å². The standard InChI is InChI=1S/C17H27NO2/c1-3-16(14-15-10-6-5-7-11-15)18(4-2)13-9-8-12-17(19)20/h5-7,10-11,16H,3-4,8-9,12-14H2,1-2H3,(H,19,20). The fraction of sp³-hybridized carbons (Fsp3) is 0.588. The Bertz CT molecular complexity index is 378. The summed E-state index contributed by atoms with van der Waals surface area (Å²) in [6, 6.07) is 11.1. The zero-order valence-corrected chi connectivity index (χ0v) is 12.7. The van der Waals surface area contributed by atoms with Gasteiger partial charge in [-0.3, -0.25) is 4.79 Å². The molecular weight excluding hydrogens is 250 g/mol. The maximum atomic E-state index is 10.5. The van der Waals surface area contributed by atoms with Crippen molar-refractivity contribution < 1.29 is 9.90 Å². The summed E-state index contributed by atoms with van der Waals surface area (Å²) < 4.78 is 0. The normalized spacial score (nSPS) is 12.6. The topological polar surface area (TPSA) is 40.5 Å². The van der Waals surface area contributed by atoms with Crippen LogP contribution in [0.4, 0.5) is 0 Å². The fourth-order valence-corrected chi connectivity index (χ4v) is 2.61. The third-order valence-electron chi connectivity index (χ3n) is 3.79. The molecule has 1 unspecified atom stereocenters. The molecule has 3 heteroatoms. The SMILES string of the molecule is CCC(Cc1ccccc1)N(CC)CCCCC(=O)O. The highest BCUT2D eigenvalue weighted by Crippen LogP contribution is 2.13. The third-order valence-corrected chi connectivity index (χ3v) is 3.79. The minimum Gasteiger partial charge on any atom is -0.481 e. The van der Waals surface area contributed by atoms with Crippen LogP contribution in [0, 0.1) is 0 Å². The molecule has 1 rings (SSSR count). The van der Waals surface area contributed by atoms with Gasteiger partial charge in [-0.15, -0.1) is 0 Å². The fourth-order valence-electron chi connectivity index (χ4n) is 2.61. The Morgan fingerprint density at radius 3 is 2.45 bits per heavy atom. The first-order chi connectivity index (χ1) is 9.67. The average molecular weight is 277 g/mol. The van der Waals surface area contributed by atoms with Gasteiger partial charge in [0.2, 0.25) is 0 Å². The number of carboxylic acids is 1. The molecule has 0 radical (unpaired) electrons. The summed E-state index contributed by atoms with van der Waals surface area (Å²) in [4.78, 5) is 13.0. The molecule has 0 saturated heterocycles. The molecule has 0 heterocycles. The van der Waals surface area contributed by atoms with Crippen molar-refractivity contribution in [2.75, 3.05) is 13.1 Å². The van der Waals surface area contributed by atoms with Gasteiger partial charge >= 0.3 is 5.97 Å². The molecule has 0 spiro atoms. The van der Waals surface area contributed by atoms with Gasteiger partial charge in [0.1, 0.15) is 0 Å². The highest BCUT2D eigenvalue weighted by molar-refractivity contribution is 5.66. The van der Waals surface area contributed by atoms with E-state index in [0.717, 1.165) is 38.8 Å². The van der Waals surface area contributed by atoms with Gasteiger partial charge in [0.15, 0.2) is 0 Å². The number of benzene rings is 1. The maximum Gasteiger partial charge on any atom is 0.303 e. The highest BCUT2D eigenvalue weighted by atomic mass is 16.4. The third kappa shape index (κ3) is 6.20. The molecule has 3 nitrogen and oxygen atoms in total. The number of carbonyl (C=O) groups is 1. The molecule has 112 valence electrons. The van der Waals surface area contributed by atoms with Crippen molar-refractivity contribution in [3.8, 4) is 0 Å². The summed E-state index contributed by atoms with van der Waals surface area (Å²) >= 11 is 0. The van der Waals surface area contributed by atoms with E-state index in [9.17, 15) is 4.79 Å². The van der Waals surface area contributed by atoms with Gasteiger partial charge in [-0.05, 0) is 44.3 Å². The van der Waals surface area contributed by atoms with Crippen molar-refractivity contribution >= 4 is 5.97 Å². The molecule has 20 heavy (non-hydrogen) atoms. The van der Waals surface area contributed by atoms with Gasteiger partial charge in [0.25, 0.3) is 0 Å². The van der Waals surface area contributed by atoms with Crippen LogP contribution in [0.3, 0.4) is 0 Å². The summed E-state index contributed by atoms with van der Waals surface area (Å²) in [6.07, 6.45) is 4.22. The molecule has 0 aliphatic rings. The molecule has 0 aliphatic heterocycles. The lowest BCUT2D eigenvalue weighted by Gasteiger charge is -2.30. The molecule has 1 aromatic rings. The predicted molar refractivity (Wildman–Crippen MR) is 83.0 cm³/mol. The van der Waals surface area contributed by atoms with Crippen LogP contribution in [-0.4, -0.2) is 35.1 Å². The Kier molecular flexibility index (Phi) is 7.97. The Morgan fingerprint density at radius 2 is 1.90 bits per heavy atom. The second-order valence-corrected chi connectivity index (χ2v) is 5.23. The van der Waals surface area contributed by atoms with Gasteiger partial charge in [0, 0.05) is 12.5 Å². The van der Waals surface area contributed by atoms with Crippen LogP contribution in [0.15, 0.2) is 30.3 Å². The monoisotopic (exact) mass is 277 g/mol. The first-order valence-corrected chi connectivity index (χ1v) is 7.67. The summed E-state index contributed by atoms with van der Waals surface area (Å²) in [6.45, 7) is 6.44. The van der Waals surface area contributed by atoms with Crippen LogP contribution >= 0.6 is 0 Å². The number of aliphatic carboxylic acids is 1. The first kappa shape index (κ1) is 16.7. The van der Waals surface area contributed by atoms with E-state index in [1.165, 1.54) is 5.56 Å². The van der Waals surface area contributed by atoms with Crippen molar-refractivity contribution in [3.05, 3.63) is 35.9 Å². The van der Waals surface area contributed by atoms with E-state index in [2.05, 4.69) is 43.0 Å². The molecule has 0 aromatic heterocycles. The van der Waals surface area contributed by atoms with Gasteiger partial charge in [-0.1, -0.05) is 44.2 Å². The molecule has 0 amide bonds. The van der Waals surface area contributed by atoms with Gasteiger partial charge in [-0.2, -0.15) is 0 Å². The zero-order chi connectivity index (χ0) is 14.8. The van der Waals surface area contributed by atoms with E-state index in [-0.39, 0.29) is 6.42 Å². The molecule has 1 N–H and O–H groups in total. The molecule has 0 aliphatic carbocycles. The number of carboxylic acid groups (broad SMARTS) is 1. The van der Waals surface area contributed by atoms with Crippen molar-refractivity contribution in [2.45, 2.75) is 52.0 Å². The number of hydrogen-bond acceptors (Lipinski definition) is 2. The minimum atomic E-state index is -0.690. The highest BCUT2D eigenvalue weighted by Gasteiger charge is 2.15. The van der Waals surface area contributed by atoms with E-state index in [1.807, 2.05) is 6.07 Å². The number of likely N-dealkylation sites (N-methyl/N-ethyl adjacent to an activating group) is 1. The molecule has 1 aromatic carbocycles. The number of rotatable bonds is 10. The molecule has 1 atom stereocenters. The minimum absolute atomic E-state index is 0.285. The van der Waals surface area contributed by atoms with Crippen molar-refractivity contribution in [1.29, 1.82) is 0 Å². The number of unbranched alkanes of at least 4 members (excludes halogenated alkanes) is 1. The van der Waals surface area contributed by atoms with Crippen LogP contribution in [0.2, 0.25) is 0 Å². The number of nitrogens with zero attached hydrogens (tertiary/aromatic N) is 1. The van der Waals surface area contributed by atoms with Crippen molar-refractivity contribution in [1.82, 2.24) is 4.90 Å². The van der Waals surface area contributed by atoms with Crippen LogP contribution in [-0.2, 0) is 11.2 Å². The summed E-state index contributed by atoms with van der Waals surface area (Å²) in [5.41, 5.74) is 1.38. The second kappa shape index (κ2) is 9.54. The molecule has 0 fully saturated rings. The largest absolute Gasteiger partial charge is 0.481 e. The molecular formula is C17H27NO2. The van der Waals surface area contributed by atoms with E-state index in [1.54, 1.807) is 0 Å². The summed E-state index contributed by atoms with van der Waals surface area (Å²) in [5, 5.41) is 8.67. The van der Waals surface area contributed by atoms with Crippen LogP contribution in [0.1, 0.15) is 45.1 Å². The van der Waals surface area contributed by atoms with Crippen LogP contribution in [0.25, 0.3) is 0 Å². The van der Waals surface area contributed by atoms with Crippen LogP contribution < -0.4 is 0 Å². The average Bonchev–Trinajstić information content (AvgIpc) is 2.46. The summed E-state index contributed by atoms with van der Waals surface area (Å²) in [5.74, 6) is -0.690. The first-order valence-electron chi connectivity index (χ1n) is 7.67. The van der Waals surface area contributed by atoms with E-state index in [4.69, 9.17) is 5.11 Å².